The van der Waals surface area contributed by atoms with Crippen molar-refractivity contribution in [1.82, 2.24) is 0 Å². The van der Waals surface area contributed by atoms with Crippen molar-refractivity contribution in [2.45, 2.75) is 90.3 Å². The number of ether oxygens (including phenoxy) is 5. The summed E-state index contributed by atoms with van der Waals surface area (Å²) in [4.78, 5) is 16.9. The maximum absolute atomic E-state index is 14.0. The molecule has 11 heteroatoms. The Morgan fingerprint density at radius 1 is 1.25 bits per heavy atom. The van der Waals surface area contributed by atoms with Gasteiger partial charge in [-0.05, 0) is 61.3 Å². The Labute approximate surface area is 235 Å². The fraction of sp³-hybridized carbons (Fsp3) is 0.897. The van der Waals surface area contributed by atoms with E-state index >= 15 is 0 Å². The number of aliphatic carboxylic acids is 1. The van der Waals surface area contributed by atoms with Gasteiger partial charge in [0.15, 0.2) is 12.6 Å². The first kappa shape index (κ1) is 28.4. The number of hydrogen-bond acceptors (Lipinski definition) is 8. The zero-order valence-corrected chi connectivity index (χ0v) is 24.1. The third-order valence-electron chi connectivity index (χ3n) is 11.7. The van der Waals surface area contributed by atoms with Crippen LogP contribution in [0.4, 0.5) is 0 Å². The summed E-state index contributed by atoms with van der Waals surface area (Å²) >= 11 is 0. The molecule has 4 bridgehead atoms. The Morgan fingerprint density at radius 3 is 2.60 bits per heavy atom. The lowest BCUT2D eigenvalue weighted by molar-refractivity contribution is -0.291. The highest BCUT2D eigenvalue weighted by Gasteiger charge is 2.86. The number of carbonyl (C=O) groups is 1. The number of allylic oxidation sites excluding steroid dienone is 1. The highest BCUT2D eigenvalue weighted by molar-refractivity contribution is 5.85. The zero-order valence-electron chi connectivity index (χ0n) is 24.1. The van der Waals surface area contributed by atoms with Crippen molar-refractivity contribution in [2.75, 3.05) is 26.9 Å². The second-order valence-electron chi connectivity index (χ2n) is 13.3. The van der Waals surface area contributed by atoms with E-state index in [0.29, 0.717) is 31.5 Å². The van der Waals surface area contributed by atoms with Gasteiger partial charge in [0.2, 0.25) is 0 Å². The Hall–Kier alpha value is -1.72. The summed E-state index contributed by atoms with van der Waals surface area (Å²) in [6.45, 7) is 9.24. The predicted molar refractivity (Wildman–Crippen MR) is 142 cm³/mol. The van der Waals surface area contributed by atoms with E-state index in [1.54, 1.807) is 6.92 Å². The number of fused-ring (bicyclic) bond motifs is 2. The van der Waals surface area contributed by atoms with E-state index in [2.05, 4.69) is 36.9 Å². The average Bonchev–Trinajstić information content (AvgIpc) is 3.67. The number of aliphatic hydroxyl groups is 1. The molecule has 12 atom stereocenters. The van der Waals surface area contributed by atoms with Crippen LogP contribution in [0.3, 0.4) is 0 Å². The van der Waals surface area contributed by atoms with E-state index < -0.39 is 59.1 Å². The van der Waals surface area contributed by atoms with E-state index in [1.807, 2.05) is 0 Å². The van der Waals surface area contributed by atoms with E-state index in [9.17, 15) is 15.0 Å². The topological polar surface area (TPSA) is 152 Å². The lowest BCUT2D eigenvalue weighted by Crippen LogP contribution is -2.67. The van der Waals surface area contributed by atoms with Crippen LogP contribution in [0.5, 0.6) is 0 Å². The van der Waals surface area contributed by atoms with Crippen LogP contribution in [-0.4, -0.2) is 80.0 Å². The molecule has 0 aromatic rings. The number of hydrogen-bond donors (Lipinski definition) is 2. The molecule has 6 aliphatic rings. The molecule has 3 saturated carbocycles. The van der Waals surface area contributed by atoms with Crippen molar-refractivity contribution in [2.24, 2.45) is 50.9 Å². The molecule has 0 aromatic carbocycles. The molecule has 2 heterocycles. The molecule has 7 unspecified atom stereocenters. The van der Waals surface area contributed by atoms with Crippen LogP contribution in [0.2, 0.25) is 0 Å². The molecule has 0 spiro atoms. The molecule has 5 fully saturated rings. The minimum Gasteiger partial charge on any atom is -0.481 e. The van der Waals surface area contributed by atoms with Gasteiger partial charge in [0.1, 0.15) is 11.5 Å². The summed E-state index contributed by atoms with van der Waals surface area (Å²) in [5, 5.41) is 26.4. The van der Waals surface area contributed by atoms with Gasteiger partial charge in [-0.3, -0.25) is 4.79 Å². The highest BCUT2D eigenvalue weighted by Crippen LogP contribution is 2.84. The summed E-state index contributed by atoms with van der Waals surface area (Å²) in [5.74, 6) is 0.0896. The van der Waals surface area contributed by atoms with Gasteiger partial charge >= 0.3 is 5.97 Å². The Kier molecular flexibility index (Phi) is 7.05. The fourth-order valence-corrected chi connectivity index (χ4v) is 10.4. The number of carboxylic acid groups (broad SMARTS) is 1. The van der Waals surface area contributed by atoms with Gasteiger partial charge < -0.3 is 33.9 Å². The molecule has 4 aliphatic carbocycles. The number of aliphatic hydroxyl groups excluding tert-OH is 1. The smallest absolute Gasteiger partial charge is 0.315 e. The molecular weight excluding hydrogens is 518 g/mol. The van der Waals surface area contributed by atoms with Crippen LogP contribution in [0.15, 0.2) is 16.8 Å². The first-order chi connectivity index (χ1) is 19.1. The first-order valence-corrected chi connectivity index (χ1v) is 14.8. The van der Waals surface area contributed by atoms with Crippen LogP contribution < -0.4 is 0 Å². The molecule has 2 aliphatic heterocycles. The van der Waals surface area contributed by atoms with E-state index in [-0.39, 0.29) is 24.4 Å². The molecule has 0 amide bonds. The van der Waals surface area contributed by atoms with Gasteiger partial charge in [-0.15, -0.1) is 0 Å². The third kappa shape index (κ3) is 3.40. The number of carboxylic acids is 1. The largest absolute Gasteiger partial charge is 0.481 e. The molecule has 222 valence electrons. The van der Waals surface area contributed by atoms with Crippen molar-refractivity contribution in [3.05, 3.63) is 22.1 Å². The van der Waals surface area contributed by atoms with Crippen molar-refractivity contribution in [1.29, 1.82) is 0 Å². The summed E-state index contributed by atoms with van der Waals surface area (Å²) < 4.78 is 30.6. The summed E-state index contributed by atoms with van der Waals surface area (Å²) in [6.07, 6.45) is 1.55. The van der Waals surface area contributed by atoms with Crippen LogP contribution in [0.25, 0.3) is 10.4 Å². The maximum atomic E-state index is 14.0. The minimum absolute atomic E-state index is 0.0188. The quantitative estimate of drug-likeness (QED) is 0.196. The lowest BCUT2D eigenvalue weighted by atomic mass is 9.42. The minimum atomic E-state index is -1.26. The van der Waals surface area contributed by atoms with Gasteiger partial charge in [-0.25, -0.2) is 0 Å². The first-order valence-electron chi connectivity index (χ1n) is 14.8. The van der Waals surface area contributed by atoms with E-state index in [0.717, 1.165) is 24.8 Å². The van der Waals surface area contributed by atoms with Gasteiger partial charge in [-0.1, -0.05) is 44.0 Å². The fourth-order valence-electron chi connectivity index (χ4n) is 10.4. The Bertz CT molecular complexity index is 1100. The van der Waals surface area contributed by atoms with Gasteiger partial charge in [0.05, 0.1) is 38.1 Å². The van der Waals surface area contributed by atoms with Crippen LogP contribution in [0, 0.1) is 45.8 Å². The standard InChI is InChI=1S/C29H43N3O8/c1-14(2)20-10-17-11-28(26-37-8-9-38-26)19-7-6-15(3)18(19)12-27(17,29(20,28)25(34)35)13-39-24-22(33)21(31-32-30)23(36-5)16(4)40-24/h10,14-19,21-24,26,33H,6-9,11-13H2,1-5H3,(H,34,35)/t15?,16-,17?,18?,19?,21+,22+,23-,24-,27?,28?,29?/m1/s1. The SMILES string of the molecule is CO[C@H]1[C@@H](N=[N+]=[N-])[C@H](O)[C@H](OCC23CC4C(C)CCC4C4(C5OCCO5)CC2C=C(C(C)C)C34C(=O)O)O[C@@H]1C. The van der Waals surface area contributed by atoms with E-state index in [4.69, 9.17) is 29.2 Å². The van der Waals surface area contributed by atoms with Crippen LogP contribution in [0.1, 0.15) is 53.4 Å². The van der Waals surface area contributed by atoms with Crippen molar-refractivity contribution in [3.8, 4) is 0 Å². The lowest BCUT2D eigenvalue weighted by Gasteiger charge is -2.61. The summed E-state index contributed by atoms with van der Waals surface area (Å²) in [6, 6.07) is -0.899. The van der Waals surface area contributed by atoms with E-state index in [1.165, 1.54) is 7.11 Å². The second kappa shape index (κ2) is 9.93. The van der Waals surface area contributed by atoms with Gasteiger partial charge in [0, 0.05) is 22.9 Å². The monoisotopic (exact) mass is 561 g/mol. The van der Waals surface area contributed by atoms with Crippen molar-refractivity contribution in [3.63, 3.8) is 0 Å². The molecule has 2 saturated heterocycles. The second-order valence-corrected chi connectivity index (χ2v) is 13.3. The molecule has 0 aromatic heterocycles. The molecule has 11 nitrogen and oxygen atoms in total. The number of nitrogens with zero attached hydrogens (tertiary/aromatic N) is 3. The number of rotatable bonds is 8. The normalized spacial score (nSPS) is 49.7. The van der Waals surface area contributed by atoms with Crippen LogP contribution >= 0.6 is 0 Å². The van der Waals surface area contributed by atoms with Crippen molar-refractivity contribution >= 4 is 5.97 Å². The van der Waals surface area contributed by atoms with Gasteiger partial charge in [-0.2, -0.15) is 0 Å². The average molecular weight is 562 g/mol. The highest BCUT2D eigenvalue weighted by atomic mass is 16.7. The zero-order chi connectivity index (χ0) is 28.6. The molecular formula is C29H43N3O8. The molecule has 0 radical (unpaired) electrons. The van der Waals surface area contributed by atoms with Crippen molar-refractivity contribution < 1.29 is 38.7 Å². The molecule has 40 heavy (non-hydrogen) atoms. The number of methoxy groups -OCH3 is 1. The third-order valence-corrected chi connectivity index (χ3v) is 11.7. The van der Waals surface area contributed by atoms with Crippen LogP contribution in [-0.2, 0) is 28.5 Å². The van der Waals surface area contributed by atoms with Gasteiger partial charge in [0.25, 0.3) is 0 Å². The Balaban J connectivity index is 1.44. The molecule has 6 rings (SSSR count). The maximum Gasteiger partial charge on any atom is 0.315 e. The summed E-state index contributed by atoms with van der Waals surface area (Å²) in [7, 11) is 1.48. The Morgan fingerprint density at radius 2 is 1.98 bits per heavy atom. The predicted octanol–water partition coefficient (Wildman–Crippen LogP) is 3.90. The number of azide groups is 1. The summed E-state index contributed by atoms with van der Waals surface area (Å²) in [5.41, 5.74) is 7.40. The molecule has 2 N–H and O–H groups in total.